The van der Waals surface area contributed by atoms with Crippen LogP contribution in [0.25, 0.3) is 11.3 Å². The Kier molecular flexibility index (Phi) is 10.4. The van der Waals surface area contributed by atoms with Crippen molar-refractivity contribution in [3.05, 3.63) is 64.6 Å². The zero-order valence-electron chi connectivity index (χ0n) is 26.7. The number of nitrogens with one attached hydrogen (secondary N) is 1. The number of hydrogen-bond acceptors (Lipinski definition) is 13. The Morgan fingerprint density at radius 2 is 1.94 bits per heavy atom. The highest BCUT2D eigenvalue weighted by Crippen LogP contribution is 2.35. The summed E-state index contributed by atoms with van der Waals surface area (Å²) in [5.41, 5.74) is 2.27. The van der Waals surface area contributed by atoms with Crippen LogP contribution in [0.3, 0.4) is 0 Å². The summed E-state index contributed by atoms with van der Waals surface area (Å²) in [4.78, 5) is 16.3. The van der Waals surface area contributed by atoms with Gasteiger partial charge in [0.2, 0.25) is 5.95 Å². The molecular formula is C32H38ClN11O3S. The summed E-state index contributed by atoms with van der Waals surface area (Å²) in [5.74, 6) is 1.50. The third-order valence-corrected chi connectivity index (χ3v) is 9.78. The standard InChI is InChI=1S/C32H38ClN11O3S/c1-22(19-43-21-36-40-41-43)47-29-18-23(2-7-26(29)33)27-8-10-35-32(37-27)38-28-20-44(39-31(28)46-14-9-30-34-11-17-48-30)25-5-3-24(4-6-25)42-12-15-45-16-13-42/h2,7-8,10-11,17-18,20-22,24-25H,3-6,9,12-16,19H2,1H3,(H,35,37,38)/t22-,24?,25?/m0/s1. The summed E-state index contributed by atoms with van der Waals surface area (Å²) < 4.78 is 21.6. The van der Waals surface area contributed by atoms with Crippen LogP contribution in [0.2, 0.25) is 5.02 Å². The van der Waals surface area contributed by atoms with Gasteiger partial charge in [0.25, 0.3) is 5.88 Å². The van der Waals surface area contributed by atoms with Gasteiger partial charge >= 0.3 is 0 Å². The first-order chi connectivity index (χ1) is 23.6. The van der Waals surface area contributed by atoms with Crippen LogP contribution in [-0.2, 0) is 17.7 Å². The summed E-state index contributed by atoms with van der Waals surface area (Å²) in [5, 5.41) is 23.1. The smallest absolute Gasteiger partial charge is 0.256 e. The molecule has 0 bridgehead atoms. The van der Waals surface area contributed by atoms with Gasteiger partial charge in [0.15, 0.2) is 0 Å². The molecule has 1 saturated carbocycles. The van der Waals surface area contributed by atoms with Gasteiger partial charge in [-0.2, -0.15) is 0 Å². The van der Waals surface area contributed by atoms with Gasteiger partial charge in [-0.25, -0.2) is 19.6 Å². The molecule has 1 saturated heterocycles. The fourth-order valence-electron chi connectivity index (χ4n) is 6.23. The molecule has 1 N–H and O–H groups in total. The number of thiazole rings is 1. The number of nitrogens with zero attached hydrogens (tertiary/aromatic N) is 10. The van der Waals surface area contributed by atoms with Crippen molar-refractivity contribution in [3.63, 3.8) is 0 Å². The molecule has 1 aliphatic carbocycles. The molecule has 5 aromatic rings. The number of rotatable bonds is 13. The molecule has 1 aliphatic heterocycles. The predicted molar refractivity (Wildman–Crippen MR) is 181 cm³/mol. The number of benzene rings is 1. The molecule has 2 fully saturated rings. The van der Waals surface area contributed by atoms with Gasteiger partial charge in [-0.05, 0) is 61.2 Å². The minimum Gasteiger partial charge on any atom is -0.487 e. The van der Waals surface area contributed by atoms with Crippen LogP contribution >= 0.6 is 22.9 Å². The van der Waals surface area contributed by atoms with Crippen molar-refractivity contribution in [1.29, 1.82) is 0 Å². The van der Waals surface area contributed by atoms with E-state index in [9.17, 15) is 0 Å². The summed E-state index contributed by atoms with van der Waals surface area (Å²) in [7, 11) is 0. The second-order valence-electron chi connectivity index (χ2n) is 12.0. The zero-order valence-corrected chi connectivity index (χ0v) is 28.3. The highest BCUT2D eigenvalue weighted by atomic mass is 35.5. The highest BCUT2D eigenvalue weighted by molar-refractivity contribution is 7.09. The Balaban J connectivity index is 1.06. The van der Waals surface area contributed by atoms with Gasteiger partial charge in [-0.15, -0.1) is 21.5 Å². The van der Waals surface area contributed by atoms with Crippen LogP contribution < -0.4 is 14.8 Å². The predicted octanol–water partition coefficient (Wildman–Crippen LogP) is 5.09. The summed E-state index contributed by atoms with van der Waals surface area (Å²) in [6.45, 7) is 6.57. The SMILES string of the molecule is C[C@@H](Cn1cnnn1)Oc1cc(-c2ccnc(Nc3cn(C4CCC(N5CCOCC5)CC4)nc3OCCc3nccs3)n2)ccc1Cl. The monoisotopic (exact) mass is 691 g/mol. The summed E-state index contributed by atoms with van der Waals surface area (Å²) in [6.07, 6.45) is 12.0. The van der Waals surface area contributed by atoms with Crippen molar-refractivity contribution in [3.8, 4) is 22.9 Å². The lowest BCUT2D eigenvalue weighted by Gasteiger charge is -2.38. The fraction of sp³-hybridized carbons (Fsp3) is 0.469. The van der Waals surface area contributed by atoms with Crippen molar-refractivity contribution in [1.82, 2.24) is 49.8 Å². The normalized spacial score (nSPS) is 19.2. The van der Waals surface area contributed by atoms with Crippen LogP contribution in [-0.4, -0.2) is 94.9 Å². The third kappa shape index (κ3) is 8.09. The molecule has 0 unspecified atom stereocenters. The van der Waals surface area contributed by atoms with E-state index in [4.69, 9.17) is 35.9 Å². The highest BCUT2D eigenvalue weighted by Gasteiger charge is 2.29. The summed E-state index contributed by atoms with van der Waals surface area (Å²) in [6, 6.07) is 8.34. The average Bonchev–Trinajstić information content (AvgIpc) is 3.91. The molecular weight excluding hydrogens is 654 g/mol. The first-order valence-electron chi connectivity index (χ1n) is 16.3. The third-order valence-electron chi connectivity index (χ3n) is 8.63. The number of aromatic nitrogens is 9. The number of morpholine rings is 1. The molecule has 0 radical (unpaired) electrons. The summed E-state index contributed by atoms with van der Waals surface area (Å²) >= 11 is 8.12. The lowest BCUT2D eigenvalue weighted by atomic mass is 9.90. The minimum atomic E-state index is -0.219. The Morgan fingerprint density at radius 1 is 1.08 bits per heavy atom. The molecule has 5 heterocycles. The molecule has 16 heteroatoms. The van der Waals surface area contributed by atoms with Crippen LogP contribution in [0.4, 0.5) is 11.6 Å². The Bertz CT molecular complexity index is 1740. The number of hydrogen-bond donors (Lipinski definition) is 1. The van der Waals surface area contributed by atoms with Gasteiger partial charge in [0.1, 0.15) is 23.9 Å². The lowest BCUT2D eigenvalue weighted by Crippen LogP contribution is -2.45. The number of tetrazole rings is 1. The van der Waals surface area contributed by atoms with Crippen molar-refractivity contribution in [2.24, 2.45) is 0 Å². The first kappa shape index (κ1) is 32.4. The molecule has 4 aromatic heterocycles. The fourth-order valence-corrected chi connectivity index (χ4v) is 6.99. The second kappa shape index (κ2) is 15.4. The quantitative estimate of drug-likeness (QED) is 0.176. The van der Waals surface area contributed by atoms with Crippen molar-refractivity contribution >= 4 is 34.6 Å². The van der Waals surface area contributed by atoms with E-state index in [0.717, 1.165) is 68.2 Å². The van der Waals surface area contributed by atoms with E-state index >= 15 is 0 Å². The Morgan fingerprint density at radius 3 is 2.73 bits per heavy atom. The molecule has 48 heavy (non-hydrogen) atoms. The average molecular weight is 692 g/mol. The molecule has 0 amide bonds. The van der Waals surface area contributed by atoms with Crippen molar-refractivity contribution in [2.75, 3.05) is 38.2 Å². The van der Waals surface area contributed by atoms with Crippen LogP contribution in [0.1, 0.15) is 43.7 Å². The molecule has 7 rings (SSSR count). The molecule has 1 atom stereocenters. The number of halogens is 1. The number of ether oxygens (including phenoxy) is 3. The largest absolute Gasteiger partial charge is 0.487 e. The van der Waals surface area contributed by atoms with Crippen molar-refractivity contribution < 1.29 is 14.2 Å². The van der Waals surface area contributed by atoms with Gasteiger partial charge in [-0.1, -0.05) is 17.7 Å². The van der Waals surface area contributed by atoms with Crippen LogP contribution in [0, 0.1) is 0 Å². The molecule has 14 nitrogen and oxygen atoms in total. The van der Waals surface area contributed by atoms with Gasteiger partial charge in [-0.3, -0.25) is 9.58 Å². The van der Waals surface area contributed by atoms with Gasteiger partial charge in [0.05, 0.1) is 54.3 Å². The maximum atomic E-state index is 6.50. The van der Waals surface area contributed by atoms with Crippen LogP contribution in [0.5, 0.6) is 11.6 Å². The van der Waals surface area contributed by atoms with E-state index in [1.807, 2.05) is 42.9 Å². The van der Waals surface area contributed by atoms with E-state index in [1.165, 1.54) is 0 Å². The topological polar surface area (TPSA) is 143 Å². The number of anilines is 2. The maximum absolute atomic E-state index is 6.50. The lowest BCUT2D eigenvalue weighted by molar-refractivity contribution is 0.00503. The maximum Gasteiger partial charge on any atom is 0.256 e. The molecule has 252 valence electrons. The minimum absolute atomic E-state index is 0.219. The van der Waals surface area contributed by atoms with Crippen molar-refractivity contribution in [2.45, 2.75) is 63.8 Å². The first-order valence-corrected chi connectivity index (χ1v) is 17.5. The van der Waals surface area contributed by atoms with E-state index in [2.05, 4.69) is 40.4 Å². The Hall–Kier alpha value is -4.18. The molecule has 2 aliphatic rings. The second-order valence-corrected chi connectivity index (χ2v) is 13.3. The molecule has 1 aromatic carbocycles. The van der Waals surface area contributed by atoms with E-state index < -0.39 is 0 Å². The van der Waals surface area contributed by atoms with E-state index in [1.54, 1.807) is 34.6 Å². The van der Waals surface area contributed by atoms with Crippen LogP contribution in [0.15, 0.2) is 54.6 Å². The zero-order chi connectivity index (χ0) is 32.7. The Labute approximate surface area is 287 Å². The van der Waals surface area contributed by atoms with Gasteiger partial charge < -0.3 is 19.5 Å². The van der Waals surface area contributed by atoms with Gasteiger partial charge in [0, 0.05) is 48.9 Å². The van der Waals surface area contributed by atoms with E-state index in [0.29, 0.717) is 60.0 Å². The molecule has 0 spiro atoms. The van der Waals surface area contributed by atoms with E-state index in [-0.39, 0.29) is 6.10 Å².